The lowest BCUT2D eigenvalue weighted by Gasteiger charge is -2.36. The molecular weight excluding hydrogens is 268 g/mol. The molecule has 0 saturated carbocycles. The lowest BCUT2D eigenvalue weighted by molar-refractivity contribution is 0.0327. The minimum absolute atomic E-state index is 0.0961. The highest BCUT2D eigenvalue weighted by Crippen LogP contribution is 2.11. The summed E-state index contributed by atoms with van der Waals surface area (Å²) in [6.07, 6.45) is 3.24. The van der Waals surface area contributed by atoms with Crippen LogP contribution in [0, 0.1) is 0 Å². The molecule has 0 radical (unpaired) electrons. The van der Waals surface area contributed by atoms with E-state index in [4.69, 9.17) is 4.74 Å². The third kappa shape index (κ3) is 5.45. The molecule has 21 heavy (non-hydrogen) atoms. The second-order valence-electron chi connectivity index (χ2n) is 5.88. The molecule has 0 aromatic heterocycles. The number of carbonyl (C=O) groups is 1. The third-order valence-corrected chi connectivity index (χ3v) is 4.26. The van der Waals surface area contributed by atoms with E-state index in [2.05, 4.69) is 22.5 Å². The van der Waals surface area contributed by atoms with Crippen LogP contribution in [0.15, 0.2) is 0 Å². The molecule has 2 N–H and O–H groups in total. The van der Waals surface area contributed by atoms with E-state index in [1.807, 2.05) is 4.90 Å². The molecule has 0 aliphatic carbocycles. The number of piperidine rings is 1. The minimum atomic E-state index is 0.0961. The fraction of sp³-hybridized carbons (Fsp3) is 0.933. The van der Waals surface area contributed by atoms with Crippen molar-refractivity contribution in [1.82, 2.24) is 20.4 Å². The van der Waals surface area contributed by atoms with Crippen molar-refractivity contribution < 1.29 is 9.53 Å². The van der Waals surface area contributed by atoms with E-state index in [0.717, 1.165) is 78.3 Å². The van der Waals surface area contributed by atoms with Gasteiger partial charge in [-0.25, -0.2) is 4.79 Å². The van der Waals surface area contributed by atoms with Gasteiger partial charge in [-0.2, -0.15) is 0 Å². The van der Waals surface area contributed by atoms with E-state index in [-0.39, 0.29) is 6.03 Å². The van der Waals surface area contributed by atoms with Crippen LogP contribution < -0.4 is 10.6 Å². The molecule has 1 unspecified atom stereocenters. The van der Waals surface area contributed by atoms with Crippen LogP contribution >= 0.6 is 0 Å². The largest absolute Gasteiger partial charge is 0.379 e. The first-order valence-electron chi connectivity index (χ1n) is 8.36. The average Bonchev–Trinajstić information content (AvgIpc) is 2.55. The van der Waals surface area contributed by atoms with Gasteiger partial charge in [-0.3, -0.25) is 4.90 Å². The van der Waals surface area contributed by atoms with Crippen LogP contribution in [0.1, 0.15) is 26.2 Å². The van der Waals surface area contributed by atoms with E-state index in [1.165, 1.54) is 0 Å². The highest BCUT2D eigenvalue weighted by Gasteiger charge is 2.25. The monoisotopic (exact) mass is 298 g/mol. The Bertz CT molecular complexity index is 302. The Balaban J connectivity index is 1.85. The molecule has 122 valence electrons. The number of hydrogen-bond donors (Lipinski definition) is 2. The first-order valence-corrected chi connectivity index (χ1v) is 8.36. The Labute approximate surface area is 128 Å². The highest BCUT2D eigenvalue weighted by molar-refractivity contribution is 5.74. The molecule has 0 spiro atoms. The van der Waals surface area contributed by atoms with Crippen molar-refractivity contribution in [1.29, 1.82) is 0 Å². The molecule has 0 aromatic carbocycles. The topological polar surface area (TPSA) is 56.8 Å². The Morgan fingerprint density at radius 3 is 2.90 bits per heavy atom. The average molecular weight is 298 g/mol. The van der Waals surface area contributed by atoms with Gasteiger partial charge in [0.05, 0.1) is 13.2 Å². The van der Waals surface area contributed by atoms with Gasteiger partial charge in [-0.15, -0.1) is 0 Å². The van der Waals surface area contributed by atoms with Crippen LogP contribution in [0.5, 0.6) is 0 Å². The maximum atomic E-state index is 12.4. The second-order valence-corrected chi connectivity index (χ2v) is 5.88. The van der Waals surface area contributed by atoms with Crippen LogP contribution in [-0.4, -0.2) is 80.9 Å². The summed E-state index contributed by atoms with van der Waals surface area (Å²) < 4.78 is 5.38. The molecule has 1 atom stereocenters. The molecule has 2 fully saturated rings. The fourth-order valence-electron chi connectivity index (χ4n) is 2.96. The third-order valence-electron chi connectivity index (χ3n) is 4.26. The van der Waals surface area contributed by atoms with Crippen molar-refractivity contribution in [2.24, 2.45) is 0 Å². The number of hydrogen-bond acceptors (Lipinski definition) is 4. The molecular formula is C15H30N4O2. The number of nitrogens with one attached hydrogen (secondary N) is 2. The Hall–Kier alpha value is -0.850. The maximum Gasteiger partial charge on any atom is 0.317 e. The summed E-state index contributed by atoms with van der Waals surface area (Å²) in [5.74, 6) is 0. The second kappa shape index (κ2) is 9.23. The van der Waals surface area contributed by atoms with Crippen molar-refractivity contribution in [2.45, 2.75) is 32.2 Å². The van der Waals surface area contributed by atoms with Gasteiger partial charge in [0, 0.05) is 45.3 Å². The van der Waals surface area contributed by atoms with Crippen molar-refractivity contribution in [2.75, 3.05) is 59.0 Å². The summed E-state index contributed by atoms with van der Waals surface area (Å²) in [5, 5.41) is 6.44. The first kappa shape index (κ1) is 16.5. The predicted molar refractivity (Wildman–Crippen MR) is 83.5 cm³/mol. The Morgan fingerprint density at radius 2 is 2.24 bits per heavy atom. The minimum Gasteiger partial charge on any atom is -0.379 e. The van der Waals surface area contributed by atoms with Gasteiger partial charge >= 0.3 is 6.03 Å². The zero-order valence-electron chi connectivity index (χ0n) is 13.3. The first-order chi connectivity index (χ1) is 10.3. The number of nitrogens with zero attached hydrogens (tertiary/aromatic N) is 2. The highest BCUT2D eigenvalue weighted by atomic mass is 16.5. The number of morpholine rings is 1. The molecule has 2 saturated heterocycles. The molecule has 2 rings (SSSR count). The zero-order valence-corrected chi connectivity index (χ0v) is 13.3. The maximum absolute atomic E-state index is 12.4. The number of carbonyl (C=O) groups excluding carboxylic acids is 1. The fourth-order valence-corrected chi connectivity index (χ4v) is 2.96. The van der Waals surface area contributed by atoms with Crippen LogP contribution in [-0.2, 0) is 4.74 Å². The molecule has 2 heterocycles. The van der Waals surface area contributed by atoms with E-state index in [0.29, 0.717) is 6.04 Å². The lowest BCUT2D eigenvalue weighted by atomic mass is 10.1. The van der Waals surface area contributed by atoms with Crippen LogP contribution in [0.3, 0.4) is 0 Å². The summed E-state index contributed by atoms with van der Waals surface area (Å²) in [7, 11) is 0. The van der Waals surface area contributed by atoms with Gasteiger partial charge < -0.3 is 20.3 Å². The van der Waals surface area contributed by atoms with Crippen LogP contribution in [0.4, 0.5) is 4.79 Å². The number of ether oxygens (including phenoxy) is 1. The Kier molecular flexibility index (Phi) is 7.26. The predicted octanol–water partition coefficient (Wildman–Crippen LogP) is 0.492. The normalized spacial score (nSPS) is 23.8. The summed E-state index contributed by atoms with van der Waals surface area (Å²) in [6, 6.07) is 0.426. The van der Waals surface area contributed by atoms with Crippen molar-refractivity contribution in [3.63, 3.8) is 0 Å². The SMILES string of the molecule is CCCNC(=O)N(CCN1CCOCC1)C1CCCNC1. The summed E-state index contributed by atoms with van der Waals surface area (Å²) >= 11 is 0. The standard InChI is InChI=1S/C15H30N4O2/c1-2-5-17-15(20)19(14-4-3-6-16-13-14)8-7-18-9-11-21-12-10-18/h14,16H,2-13H2,1H3,(H,17,20). The van der Waals surface area contributed by atoms with Gasteiger partial charge in [0.1, 0.15) is 0 Å². The molecule has 0 aromatic rings. The zero-order chi connectivity index (χ0) is 14.9. The van der Waals surface area contributed by atoms with Crippen molar-refractivity contribution in [3.05, 3.63) is 0 Å². The molecule has 6 heteroatoms. The summed E-state index contributed by atoms with van der Waals surface area (Å²) in [4.78, 5) is 16.8. The number of amides is 2. The number of rotatable bonds is 6. The van der Waals surface area contributed by atoms with Gasteiger partial charge in [-0.1, -0.05) is 6.92 Å². The lowest BCUT2D eigenvalue weighted by Crippen LogP contribution is -2.54. The molecule has 2 aliphatic rings. The van der Waals surface area contributed by atoms with Crippen LogP contribution in [0.25, 0.3) is 0 Å². The number of urea groups is 1. The van der Waals surface area contributed by atoms with Gasteiger partial charge in [0.15, 0.2) is 0 Å². The quantitative estimate of drug-likeness (QED) is 0.749. The van der Waals surface area contributed by atoms with Gasteiger partial charge in [0.25, 0.3) is 0 Å². The summed E-state index contributed by atoms with van der Waals surface area (Å²) in [5.41, 5.74) is 0. The van der Waals surface area contributed by atoms with Crippen molar-refractivity contribution >= 4 is 6.03 Å². The summed E-state index contributed by atoms with van der Waals surface area (Å²) in [6.45, 7) is 10.2. The van der Waals surface area contributed by atoms with E-state index < -0.39 is 0 Å². The van der Waals surface area contributed by atoms with E-state index in [1.54, 1.807) is 0 Å². The van der Waals surface area contributed by atoms with Crippen LogP contribution in [0.2, 0.25) is 0 Å². The van der Waals surface area contributed by atoms with E-state index >= 15 is 0 Å². The smallest absolute Gasteiger partial charge is 0.317 e. The molecule has 2 aliphatic heterocycles. The Morgan fingerprint density at radius 1 is 1.43 bits per heavy atom. The van der Waals surface area contributed by atoms with Gasteiger partial charge in [0.2, 0.25) is 0 Å². The molecule has 6 nitrogen and oxygen atoms in total. The molecule has 0 bridgehead atoms. The molecule has 2 amide bonds. The van der Waals surface area contributed by atoms with Gasteiger partial charge in [-0.05, 0) is 25.8 Å². The van der Waals surface area contributed by atoms with E-state index in [9.17, 15) is 4.79 Å². The van der Waals surface area contributed by atoms with Crippen molar-refractivity contribution in [3.8, 4) is 0 Å².